The molecular formula is C54H104O8. The predicted molar refractivity (Wildman–Crippen MR) is 264 cm³/mol. The third-order valence-corrected chi connectivity index (χ3v) is 11.4. The Morgan fingerprint density at radius 2 is 0.565 bits per heavy atom. The Morgan fingerprint density at radius 1 is 0.323 bits per heavy atom. The molecule has 0 heterocycles. The lowest BCUT2D eigenvalue weighted by atomic mass is 10.0. The number of hydrogen-bond donors (Lipinski definition) is 5. The number of aliphatic carboxylic acids is 3. The second-order valence-corrected chi connectivity index (χ2v) is 17.9. The number of unbranched alkanes of at least 4 members (excludes halogenated alkanes) is 29. The fourth-order valence-electron chi connectivity index (χ4n) is 7.38. The molecule has 0 rings (SSSR count). The quantitative estimate of drug-likeness (QED) is 0.0299. The largest absolute Gasteiger partial charge is 0.481 e. The third kappa shape index (κ3) is 66.9. The zero-order chi connectivity index (χ0) is 46.4. The van der Waals surface area contributed by atoms with Crippen LogP contribution in [0, 0.1) is 0 Å². The maximum absolute atomic E-state index is 10.3. The Labute approximate surface area is 383 Å². The molecule has 8 nitrogen and oxygen atoms in total. The smallest absolute Gasteiger partial charge is 0.303 e. The van der Waals surface area contributed by atoms with E-state index in [2.05, 4.69) is 45.1 Å². The van der Waals surface area contributed by atoms with Crippen molar-refractivity contribution in [1.82, 2.24) is 0 Å². The molecule has 2 unspecified atom stereocenters. The number of allylic oxidation sites excluding steroid dienone is 3. The molecule has 0 aliphatic carbocycles. The second-order valence-electron chi connectivity index (χ2n) is 17.9. The molecule has 0 aliphatic rings. The van der Waals surface area contributed by atoms with Gasteiger partial charge in [0.05, 0.1) is 12.2 Å². The van der Waals surface area contributed by atoms with E-state index in [1.54, 1.807) is 0 Å². The number of aliphatic hydroxyl groups is 2. The van der Waals surface area contributed by atoms with E-state index in [9.17, 15) is 24.6 Å². The average molecular weight is 881 g/mol. The summed E-state index contributed by atoms with van der Waals surface area (Å²) in [5, 5.41) is 45.2. The number of carbonyl (C=O) groups is 3. The molecule has 0 amide bonds. The summed E-state index contributed by atoms with van der Waals surface area (Å²) in [4.78, 5) is 31.0. The highest BCUT2D eigenvalue weighted by molar-refractivity contribution is 5.67. The highest BCUT2D eigenvalue weighted by Crippen LogP contribution is 2.15. The Kier molecular flexibility index (Phi) is 58.7. The van der Waals surface area contributed by atoms with Crippen molar-refractivity contribution in [1.29, 1.82) is 0 Å². The van der Waals surface area contributed by atoms with Gasteiger partial charge in [-0.2, -0.15) is 0 Å². The highest BCUT2D eigenvalue weighted by Gasteiger charge is 2.04. The first-order valence-electron chi connectivity index (χ1n) is 26.4. The molecule has 0 aromatic rings. The highest BCUT2D eigenvalue weighted by atomic mass is 16.4. The molecule has 62 heavy (non-hydrogen) atoms. The van der Waals surface area contributed by atoms with Gasteiger partial charge in [0.25, 0.3) is 0 Å². The summed E-state index contributed by atoms with van der Waals surface area (Å²) in [6.45, 7) is 6.67. The van der Waals surface area contributed by atoms with Gasteiger partial charge < -0.3 is 25.5 Å². The monoisotopic (exact) mass is 881 g/mol. The van der Waals surface area contributed by atoms with Crippen molar-refractivity contribution in [2.24, 2.45) is 0 Å². The van der Waals surface area contributed by atoms with Crippen LogP contribution in [0.1, 0.15) is 290 Å². The molecule has 5 N–H and O–H groups in total. The van der Waals surface area contributed by atoms with Crippen LogP contribution in [0.25, 0.3) is 0 Å². The van der Waals surface area contributed by atoms with Gasteiger partial charge >= 0.3 is 17.9 Å². The van der Waals surface area contributed by atoms with E-state index in [0.717, 1.165) is 103 Å². The van der Waals surface area contributed by atoms with Gasteiger partial charge in [0.1, 0.15) is 0 Å². The Bertz CT molecular complexity index is 964. The van der Waals surface area contributed by atoms with Crippen molar-refractivity contribution < 1.29 is 39.9 Å². The molecule has 0 spiro atoms. The number of carboxylic acid groups (broad SMARTS) is 3. The molecule has 8 heteroatoms. The van der Waals surface area contributed by atoms with Crippen LogP contribution in [-0.4, -0.2) is 55.6 Å². The van der Waals surface area contributed by atoms with Gasteiger partial charge in [0, 0.05) is 19.3 Å². The van der Waals surface area contributed by atoms with E-state index >= 15 is 0 Å². The molecule has 0 radical (unpaired) electrons. The summed E-state index contributed by atoms with van der Waals surface area (Å²) in [5.74, 6) is -2.03. The van der Waals surface area contributed by atoms with E-state index in [1.165, 1.54) is 148 Å². The van der Waals surface area contributed by atoms with E-state index in [-0.39, 0.29) is 12.2 Å². The second kappa shape index (κ2) is 56.8. The van der Waals surface area contributed by atoms with Gasteiger partial charge in [-0.1, -0.05) is 212 Å². The standard InChI is InChI=1S/C18H36O3.C18H34O3.C18H34O2/c2*1-2-3-4-11-14-17(19)15-12-9-7-5-6-8-10-13-16-18(20)21;1-2-3-4-5-6-7-8-9-10-11-12-13-14-15-16-17-18(19)20/h17,19H,2-16H2,1H3,(H,20,21);9,12,17,19H,2-8,10-11,13-16H2,1H3,(H,20,21);9-10H,2-8,11-17H2,1H3,(H,19,20)/b;12-9-;10-9-. The van der Waals surface area contributed by atoms with Crippen molar-refractivity contribution in [3.8, 4) is 0 Å². The first-order chi connectivity index (χ1) is 30.1. The van der Waals surface area contributed by atoms with Crippen molar-refractivity contribution in [2.75, 3.05) is 0 Å². The number of hydrogen-bond acceptors (Lipinski definition) is 5. The molecule has 0 fully saturated rings. The molecule has 0 saturated heterocycles. The minimum absolute atomic E-state index is 0.0853. The first-order valence-corrected chi connectivity index (χ1v) is 26.4. The lowest BCUT2D eigenvalue weighted by molar-refractivity contribution is -0.138. The summed E-state index contributed by atoms with van der Waals surface area (Å²) < 4.78 is 0. The van der Waals surface area contributed by atoms with Crippen molar-refractivity contribution >= 4 is 17.9 Å². The van der Waals surface area contributed by atoms with Crippen LogP contribution in [-0.2, 0) is 14.4 Å². The van der Waals surface area contributed by atoms with Gasteiger partial charge in [-0.15, -0.1) is 0 Å². The molecule has 2 atom stereocenters. The zero-order valence-electron chi connectivity index (χ0n) is 41.1. The Balaban J connectivity index is -0.000000843. The van der Waals surface area contributed by atoms with E-state index in [0.29, 0.717) is 19.3 Å². The minimum atomic E-state index is -0.689. The SMILES string of the molecule is CCCCCCC(O)C/C=C\CCCCCCCC(=O)O.CCCCCCC(O)CCCCCCCCCCC(=O)O.CCCCCCCC/C=C\CCCCCCCC(=O)O. The summed E-state index contributed by atoms with van der Waals surface area (Å²) in [5.41, 5.74) is 0. The Morgan fingerprint density at radius 3 is 0.887 bits per heavy atom. The maximum Gasteiger partial charge on any atom is 0.303 e. The van der Waals surface area contributed by atoms with E-state index in [1.807, 2.05) is 0 Å². The van der Waals surface area contributed by atoms with Gasteiger partial charge in [-0.25, -0.2) is 0 Å². The van der Waals surface area contributed by atoms with Gasteiger partial charge in [0.15, 0.2) is 0 Å². The minimum Gasteiger partial charge on any atom is -0.481 e. The first kappa shape index (κ1) is 64.1. The molecular weight excluding hydrogens is 777 g/mol. The van der Waals surface area contributed by atoms with Crippen LogP contribution in [0.3, 0.4) is 0 Å². The summed E-state index contributed by atoms with van der Waals surface area (Å²) in [7, 11) is 0. The van der Waals surface area contributed by atoms with Crippen LogP contribution in [0.15, 0.2) is 24.3 Å². The average Bonchev–Trinajstić information content (AvgIpc) is 3.24. The number of carboxylic acids is 3. The van der Waals surface area contributed by atoms with Crippen LogP contribution in [0.4, 0.5) is 0 Å². The lowest BCUT2D eigenvalue weighted by Gasteiger charge is -2.10. The molecule has 0 aromatic carbocycles. The van der Waals surface area contributed by atoms with Crippen molar-refractivity contribution in [3.63, 3.8) is 0 Å². The normalized spacial score (nSPS) is 12.2. The molecule has 0 aromatic heterocycles. The molecule has 368 valence electrons. The fraction of sp³-hybridized carbons (Fsp3) is 0.870. The van der Waals surface area contributed by atoms with Gasteiger partial charge in [-0.05, 0) is 83.5 Å². The predicted octanol–water partition coefficient (Wildman–Crippen LogP) is 16.5. The van der Waals surface area contributed by atoms with Crippen LogP contribution < -0.4 is 0 Å². The summed E-state index contributed by atoms with van der Waals surface area (Å²) in [6.07, 6.45) is 54.9. The van der Waals surface area contributed by atoms with Crippen LogP contribution >= 0.6 is 0 Å². The lowest BCUT2D eigenvalue weighted by Crippen LogP contribution is -2.05. The molecule has 0 aliphatic heterocycles. The summed E-state index contributed by atoms with van der Waals surface area (Å²) >= 11 is 0. The van der Waals surface area contributed by atoms with Gasteiger partial charge in [-0.3, -0.25) is 14.4 Å². The van der Waals surface area contributed by atoms with Crippen molar-refractivity contribution in [2.45, 2.75) is 303 Å². The van der Waals surface area contributed by atoms with E-state index < -0.39 is 17.9 Å². The topological polar surface area (TPSA) is 152 Å². The van der Waals surface area contributed by atoms with E-state index in [4.69, 9.17) is 15.3 Å². The van der Waals surface area contributed by atoms with Gasteiger partial charge in [0.2, 0.25) is 0 Å². The fourth-order valence-corrected chi connectivity index (χ4v) is 7.38. The number of aliphatic hydroxyl groups excluding tert-OH is 2. The molecule has 0 bridgehead atoms. The van der Waals surface area contributed by atoms with Crippen LogP contribution in [0.2, 0.25) is 0 Å². The zero-order valence-corrected chi connectivity index (χ0v) is 41.1. The molecule has 0 saturated carbocycles. The van der Waals surface area contributed by atoms with Crippen molar-refractivity contribution in [3.05, 3.63) is 24.3 Å². The maximum atomic E-state index is 10.3. The number of rotatable bonds is 46. The summed E-state index contributed by atoms with van der Waals surface area (Å²) in [6, 6.07) is 0. The third-order valence-electron chi connectivity index (χ3n) is 11.4. The van der Waals surface area contributed by atoms with Crippen LogP contribution in [0.5, 0.6) is 0 Å². The Hall–Kier alpha value is -2.19.